The van der Waals surface area contributed by atoms with Crippen molar-refractivity contribution in [3.63, 3.8) is 0 Å². The summed E-state index contributed by atoms with van der Waals surface area (Å²) in [4.78, 5) is 15.9. The van der Waals surface area contributed by atoms with Crippen molar-refractivity contribution in [2.45, 2.75) is 18.0 Å². The van der Waals surface area contributed by atoms with Gasteiger partial charge in [-0.05, 0) is 24.6 Å². The van der Waals surface area contributed by atoms with Crippen LogP contribution < -0.4 is 11.1 Å². The van der Waals surface area contributed by atoms with E-state index in [1.54, 1.807) is 28.6 Å². The molecule has 0 unspecified atom stereocenters. The second-order valence-corrected chi connectivity index (χ2v) is 5.35. The van der Waals surface area contributed by atoms with Crippen LogP contribution in [0.2, 0.25) is 0 Å². The number of anilines is 2. The molecule has 6 nitrogen and oxygen atoms in total. The van der Waals surface area contributed by atoms with E-state index in [4.69, 9.17) is 5.73 Å². The summed E-state index contributed by atoms with van der Waals surface area (Å²) in [5.41, 5.74) is 7.03. The zero-order valence-corrected chi connectivity index (χ0v) is 12.1. The number of nitrogens with zero attached hydrogens (tertiary/aromatic N) is 3. The van der Waals surface area contributed by atoms with E-state index in [2.05, 4.69) is 15.4 Å². The molecule has 7 heteroatoms. The molecule has 2 rings (SSSR count). The summed E-state index contributed by atoms with van der Waals surface area (Å²) in [7, 11) is 1.85. The van der Waals surface area contributed by atoms with Crippen LogP contribution in [-0.4, -0.2) is 26.4 Å². The Morgan fingerprint density at radius 3 is 3.05 bits per heavy atom. The van der Waals surface area contributed by atoms with Gasteiger partial charge in [0.05, 0.1) is 0 Å². The molecule has 0 atom stereocenters. The summed E-state index contributed by atoms with van der Waals surface area (Å²) in [5, 5.41) is 7.68. The minimum Gasteiger partial charge on any atom is -0.399 e. The normalized spacial score (nSPS) is 10.4. The Bertz CT molecular complexity index is 584. The van der Waals surface area contributed by atoms with Crippen LogP contribution in [0.1, 0.15) is 12.8 Å². The van der Waals surface area contributed by atoms with Crippen LogP contribution in [0.25, 0.3) is 0 Å². The van der Waals surface area contributed by atoms with Crippen molar-refractivity contribution in [3.05, 3.63) is 30.6 Å². The van der Waals surface area contributed by atoms with Gasteiger partial charge < -0.3 is 11.1 Å². The fourth-order valence-electron chi connectivity index (χ4n) is 1.65. The molecule has 0 bridgehead atoms. The number of aryl methyl sites for hydroxylation is 1. The fourth-order valence-corrected chi connectivity index (χ4v) is 2.48. The van der Waals surface area contributed by atoms with Gasteiger partial charge in [0.1, 0.15) is 6.33 Å². The maximum atomic E-state index is 11.8. The van der Waals surface area contributed by atoms with Gasteiger partial charge in [-0.1, -0.05) is 17.8 Å². The van der Waals surface area contributed by atoms with Crippen molar-refractivity contribution < 1.29 is 4.79 Å². The first-order chi connectivity index (χ1) is 9.65. The average Bonchev–Trinajstić information content (AvgIpc) is 2.80. The van der Waals surface area contributed by atoms with E-state index in [9.17, 15) is 4.79 Å². The number of nitrogens with two attached hydrogens (primary N) is 1. The van der Waals surface area contributed by atoms with Crippen molar-refractivity contribution in [2.75, 3.05) is 16.8 Å². The highest BCUT2D eigenvalue weighted by Crippen LogP contribution is 2.16. The van der Waals surface area contributed by atoms with Crippen LogP contribution in [-0.2, 0) is 11.8 Å². The molecule has 0 aliphatic heterocycles. The summed E-state index contributed by atoms with van der Waals surface area (Å²) in [6.07, 6.45) is 2.78. The first-order valence-electron chi connectivity index (χ1n) is 6.27. The lowest BCUT2D eigenvalue weighted by molar-refractivity contribution is -0.116. The molecule has 106 valence electrons. The third kappa shape index (κ3) is 4.27. The molecule has 0 spiro atoms. The van der Waals surface area contributed by atoms with Gasteiger partial charge in [-0.2, -0.15) is 5.10 Å². The molecule has 1 aromatic heterocycles. The monoisotopic (exact) mass is 291 g/mol. The van der Waals surface area contributed by atoms with E-state index in [1.165, 1.54) is 6.33 Å². The molecule has 1 heterocycles. The van der Waals surface area contributed by atoms with E-state index < -0.39 is 0 Å². The number of nitrogen functional groups attached to an aromatic ring is 1. The average molecular weight is 291 g/mol. The number of benzene rings is 1. The summed E-state index contributed by atoms with van der Waals surface area (Å²) < 4.78 is 1.72. The van der Waals surface area contributed by atoms with Crippen LogP contribution in [0.15, 0.2) is 35.7 Å². The Morgan fingerprint density at radius 2 is 2.35 bits per heavy atom. The maximum absolute atomic E-state index is 11.8. The molecule has 20 heavy (non-hydrogen) atoms. The van der Waals surface area contributed by atoms with E-state index in [0.717, 1.165) is 23.0 Å². The van der Waals surface area contributed by atoms with Crippen molar-refractivity contribution in [3.8, 4) is 0 Å². The maximum Gasteiger partial charge on any atom is 0.224 e. The van der Waals surface area contributed by atoms with Crippen molar-refractivity contribution in [1.82, 2.24) is 14.8 Å². The minimum absolute atomic E-state index is 0.00540. The molecule has 1 amide bonds. The quantitative estimate of drug-likeness (QED) is 0.482. The highest BCUT2D eigenvalue weighted by Gasteiger charge is 2.04. The van der Waals surface area contributed by atoms with E-state index >= 15 is 0 Å². The molecule has 0 radical (unpaired) electrons. The predicted molar refractivity (Wildman–Crippen MR) is 80.4 cm³/mol. The second-order valence-electron chi connectivity index (χ2n) is 4.29. The van der Waals surface area contributed by atoms with Gasteiger partial charge >= 0.3 is 0 Å². The van der Waals surface area contributed by atoms with Gasteiger partial charge in [-0.3, -0.25) is 4.79 Å². The summed E-state index contributed by atoms with van der Waals surface area (Å²) in [6.45, 7) is 0. The third-order valence-electron chi connectivity index (χ3n) is 2.62. The van der Waals surface area contributed by atoms with Gasteiger partial charge in [0.15, 0.2) is 5.16 Å². The topological polar surface area (TPSA) is 85.8 Å². The standard InChI is InChI=1S/C13H17N5OS/c1-18-13(15-9-16-18)20-7-3-6-12(19)17-11-5-2-4-10(14)8-11/h2,4-5,8-9H,3,6-7,14H2,1H3,(H,17,19). The smallest absolute Gasteiger partial charge is 0.224 e. The van der Waals surface area contributed by atoms with E-state index in [-0.39, 0.29) is 5.91 Å². The van der Waals surface area contributed by atoms with Crippen LogP contribution in [0, 0.1) is 0 Å². The Labute approximate surface area is 121 Å². The molecule has 0 saturated heterocycles. The summed E-state index contributed by atoms with van der Waals surface area (Å²) in [6, 6.07) is 7.16. The number of hydrogen-bond acceptors (Lipinski definition) is 5. The zero-order chi connectivity index (χ0) is 14.4. The molecule has 1 aromatic carbocycles. The third-order valence-corrected chi connectivity index (χ3v) is 3.74. The minimum atomic E-state index is -0.00540. The number of rotatable bonds is 6. The number of amides is 1. The molecular weight excluding hydrogens is 274 g/mol. The first kappa shape index (κ1) is 14.4. The molecule has 0 saturated carbocycles. The molecule has 2 aromatic rings. The highest BCUT2D eigenvalue weighted by molar-refractivity contribution is 7.99. The van der Waals surface area contributed by atoms with Gasteiger partial charge in [-0.25, -0.2) is 9.67 Å². The number of nitrogens with one attached hydrogen (secondary N) is 1. The van der Waals surface area contributed by atoms with Crippen molar-refractivity contribution >= 4 is 29.0 Å². The molecule has 0 fully saturated rings. The number of carbonyl (C=O) groups excluding carboxylic acids is 1. The number of thioether (sulfide) groups is 1. The van der Waals surface area contributed by atoms with Crippen molar-refractivity contribution in [1.29, 1.82) is 0 Å². The van der Waals surface area contributed by atoms with Gasteiger partial charge in [0, 0.05) is 30.6 Å². The Morgan fingerprint density at radius 1 is 1.50 bits per heavy atom. The van der Waals surface area contributed by atoms with Crippen LogP contribution >= 0.6 is 11.8 Å². The Hall–Kier alpha value is -2.02. The van der Waals surface area contributed by atoms with Gasteiger partial charge in [0.25, 0.3) is 0 Å². The molecular formula is C13H17N5OS. The molecule has 0 aliphatic carbocycles. The van der Waals surface area contributed by atoms with Crippen LogP contribution in [0.3, 0.4) is 0 Å². The Kier molecular flexibility index (Phi) is 5.00. The highest BCUT2D eigenvalue weighted by atomic mass is 32.2. The second kappa shape index (κ2) is 6.95. The van der Waals surface area contributed by atoms with Crippen LogP contribution in [0.5, 0.6) is 0 Å². The molecule has 3 N–H and O–H groups in total. The predicted octanol–water partition coefficient (Wildman–Crippen LogP) is 1.91. The lowest BCUT2D eigenvalue weighted by atomic mass is 10.2. The van der Waals surface area contributed by atoms with E-state index in [1.807, 2.05) is 19.2 Å². The number of aromatic nitrogens is 3. The number of hydrogen-bond donors (Lipinski definition) is 2. The Balaban J connectivity index is 1.69. The lowest BCUT2D eigenvalue weighted by Crippen LogP contribution is -2.11. The van der Waals surface area contributed by atoms with Gasteiger partial charge in [-0.15, -0.1) is 0 Å². The first-order valence-corrected chi connectivity index (χ1v) is 7.26. The van der Waals surface area contributed by atoms with Crippen LogP contribution in [0.4, 0.5) is 11.4 Å². The largest absolute Gasteiger partial charge is 0.399 e. The summed E-state index contributed by atoms with van der Waals surface area (Å²) >= 11 is 1.59. The molecule has 0 aliphatic rings. The van der Waals surface area contributed by atoms with E-state index in [0.29, 0.717) is 12.1 Å². The lowest BCUT2D eigenvalue weighted by Gasteiger charge is -2.05. The number of carbonyl (C=O) groups is 1. The zero-order valence-electron chi connectivity index (χ0n) is 11.2. The van der Waals surface area contributed by atoms with Gasteiger partial charge in [0.2, 0.25) is 5.91 Å². The van der Waals surface area contributed by atoms with Crippen molar-refractivity contribution in [2.24, 2.45) is 7.05 Å². The summed E-state index contributed by atoms with van der Waals surface area (Å²) in [5.74, 6) is 0.825. The fraction of sp³-hybridized carbons (Fsp3) is 0.308. The SMILES string of the molecule is Cn1ncnc1SCCCC(=O)Nc1cccc(N)c1.